The van der Waals surface area contributed by atoms with Crippen LogP contribution in [0.5, 0.6) is 11.5 Å². The molecule has 3 N–H and O–H groups in total. The van der Waals surface area contributed by atoms with Crippen molar-refractivity contribution in [1.29, 1.82) is 0 Å². The number of aryl methyl sites for hydroxylation is 1. The van der Waals surface area contributed by atoms with E-state index in [0.717, 1.165) is 18.4 Å². The van der Waals surface area contributed by atoms with Gasteiger partial charge in [-0.05, 0) is 58.6 Å². The molecule has 2 rings (SSSR count). The van der Waals surface area contributed by atoms with Gasteiger partial charge in [0.1, 0.15) is 11.5 Å². The van der Waals surface area contributed by atoms with Crippen LogP contribution in [0.25, 0.3) is 0 Å². The van der Waals surface area contributed by atoms with Crippen LogP contribution < -0.4 is 5.32 Å². The van der Waals surface area contributed by atoms with Crippen LogP contribution in [0.4, 0.5) is 0 Å². The maximum Gasteiger partial charge on any atom is 0.255 e. The van der Waals surface area contributed by atoms with Crippen LogP contribution in [0, 0.1) is 6.92 Å². The number of amides is 1. The molecule has 0 saturated carbocycles. The fourth-order valence-corrected chi connectivity index (χ4v) is 2.80. The molecule has 7 heteroatoms. The van der Waals surface area contributed by atoms with Crippen LogP contribution in [0.3, 0.4) is 0 Å². The third-order valence-corrected chi connectivity index (χ3v) is 4.36. The summed E-state index contributed by atoms with van der Waals surface area (Å²) in [6.45, 7) is 7.85. The molecule has 150 valence electrons. The van der Waals surface area contributed by atoms with Gasteiger partial charge < -0.3 is 19.9 Å². The van der Waals surface area contributed by atoms with E-state index in [-0.39, 0.29) is 29.5 Å². The third kappa shape index (κ3) is 5.70. The van der Waals surface area contributed by atoms with Crippen molar-refractivity contribution >= 4 is 5.91 Å². The molecule has 1 aromatic heterocycles. The van der Waals surface area contributed by atoms with E-state index in [1.165, 1.54) is 18.0 Å². The van der Waals surface area contributed by atoms with Crippen LogP contribution in [0.1, 0.15) is 61.0 Å². The Hall–Kier alpha value is -3.09. The Kier molecular flexibility index (Phi) is 7.37. The average molecular weight is 385 g/mol. The minimum Gasteiger partial charge on any atom is -0.508 e. The molecule has 0 radical (unpaired) electrons. The maximum absolute atomic E-state index is 12.5. The molecule has 0 aliphatic carbocycles. The molecular formula is C21H27N3O4. The van der Waals surface area contributed by atoms with Crippen molar-refractivity contribution < 1.29 is 19.4 Å². The second-order valence-corrected chi connectivity index (χ2v) is 7.00. The Labute approximate surface area is 164 Å². The van der Waals surface area contributed by atoms with Gasteiger partial charge >= 0.3 is 0 Å². The molecule has 1 heterocycles. The number of phenolic OH excluding ortho intramolecular Hbond substituents is 2. The number of nitrogens with one attached hydrogen (secondary N) is 1. The molecule has 0 aliphatic heterocycles. The van der Waals surface area contributed by atoms with Gasteiger partial charge in [0.25, 0.3) is 5.91 Å². The molecule has 1 aromatic carbocycles. The summed E-state index contributed by atoms with van der Waals surface area (Å²) in [4.78, 5) is 12.5. The highest BCUT2D eigenvalue weighted by atomic mass is 16.4. The van der Waals surface area contributed by atoms with Gasteiger partial charge in [0.15, 0.2) is 0 Å². The molecular weight excluding hydrogens is 358 g/mol. The topological polar surface area (TPSA) is 108 Å². The van der Waals surface area contributed by atoms with E-state index in [4.69, 9.17) is 4.42 Å². The highest BCUT2D eigenvalue weighted by Gasteiger charge is 2.20. The molecule has 1 amide bonds. The van der Waals surface area contributed by atoms with Gasteiger partial charge in [0, 0.05) is 5.56 Å². The van der Waals surface area contributed by atoms with Gasteiger partial charge in [-0.2, -0.15) is 0 Å². The lowest BCUT2D eigenvalue weighted by Crippen LogP contribution is -2.24. The summed E-state index contributed by atoms with van der Waals surface area (Å²) >= 11 is 0. The van der Waals surface area contributed by atoms with Gasteiger partial charge in [-0.25, -0.2) is 0 Å². The van der Waals surface area contributed by atoms with Crippen LogP contribution in [-0.2, 0) is 13.0 Å². The minimum absolute atomic E-state index is 0.0307. The van der Waals surface area contributed by atoms with Crippen LogP contribution in [0.15, 0.2) is 40.2 Å². The number of benzene rings is 1. The normalized spacial score (nSPS) is 11.4. The first-order valence-electron chi connectivity index (χ1n) is 9.16. The monoisotopic (exact) mass is 385 g/mol. The average Bonchev–Trinajstić information content (AvgIpc) is 3.12. The summed E-state index contributed by atoms with van der Waals surface area (Å²) in [6, 6.07) is 1.49. The molecule has 0 aliphatic rings. The molecule has 0 unspecified atom stereocenters. The van der Waals surface area contributed by atoms with Crippen molar-refractivity contribution in [3.8, 4) is 11.5 Å². The van der Waals surface area contributed by atoms with Crippen molar-refractivity contribution in [2.45, 2.75) is 53.5 Å². The Balaban J connectivity index is 2.15. The van der Waals surface area contributed by atoms with Gasteiger partial charge in [-0.3, -0.25) is 4.79 Å². The number of aromatic hydroxyl groups is 2. The van der Waals surface area contributed by atoms with E-state index >= 15 is 0 Å². The smallest absolute Gasteiger partial charge is 0.255 e. The first-order chi connectivity index (χ1) is 13.3. The summed E-state index contributed by atoms with van der Waals surface area (Å²) in [7, 11) is 0. The number of aromatic nitrogens is 2. The van der Waals surface area contributed by atoms with Crippen molar-refractivity contribution in [3.63, 3.8) is 0 Å². The fraction of sp³-hybridized carbons (Fsp3) is 0.381. The van der Waals surface area contributed by atoms with Crippen LogP contribution >= 0.6 is 0 Å². The van der Waals surface area contributed by atoms with E-state index in [1.54, 1.807) is 6.92 Å². The van der Waals surface area contributed by atoms with E-state index in [2.05, 4.69) is 35.4 Å². The number of allylic oxidation sites excluding steroid dienone is 4. The van der Waals surface area contributed by atoms with Gasteiger partial charge in [0.2, 0.25) is 12.3 Å². The predicted octanol–water partition coefficient (Wildman–Crippen LogP) is 3.95. The number of hydrogen-bond donors (Lipinski definition) is 3. The van der Waals surface area contributed by atoms with E-state index in [1.807, 2.05) is 13.0 Å². The zero-order valence-electron chi connectivity index (χ0n) is 16.7. The van der Waals surface area contributed by atoms with Gasteiger partial charge in [-0.1, -0.05) is 23.3 Å². The number of hydrogen-bond acceptors (Lipinski definition) is 6. The molecule has 0 bridgehead atoms. The van der Waals surface area contributed by atoms with Crippen molar-refractivity contribution in [2.75, 3.05) is 0 Å². The summed E-state index contributed by atoms with van der Waals surface area (Å²) in [6.07, 6.45) is 7.49. The molecule has 0 saturated heterocycles. The molecule has 28 heavy (non-hydrogen) atoms. The second-order valence-electron chi connectivity index (χ2n) is 7.00. The Morgan fingerprint density at radius 2 is 2.00 bits per heavy atom. The largest absolute Gasteiger partial charge is 0.508 e. The van der Waals surface area contributed by atoms with E-state index < -0.39 is 5.91 Å². The summed E-state index contributed by atoms with van der Waals surface area (Å²) in [5, 5.41) is 30.8. The van der Waals surface area contributed by atoms with Crippen molar-refractivity contribution in [1.82, 2.24) is 15.5 Å². The number of carbonyl (C=O) groups excluding carboxylic acids is 1. The Morgan fingerprint density at radius 1 is 1.25 bits per heavy atom. The Morgan fingerprint density at radius 3 is 2.64 bits per heavy atom. The first kappa shape index (κ1) is 21.2. The predicted molar refractivity (Wildman–Crippen MR) is 106 cm³/mol. The summed E-state index contributed by atoms with van der Waals surface area (Å²) in [5.74, 6) is -0.455. The third-order valence-electron chi connectivity index (χ3n) is 4.36. The number of phenols is 2. The van der Waals surface area contributed by atoms with Crippen molar-refractivity contribution in [3.05, 3.63) is 58.3 Å². The standard InChI is InChI=1S/C21H27N3O4/c1-13(2)6-5-7-14(3)8-9-16-17(25)10-15(4)19(20(16)26)21(27)22-11-18-24-23-12-28-18/h6,8,10,12,25-26H,5,7,9,11H2,1-4H3,(H,22,27)/b14-8+. The lowest BCUT2D eigenvalue weighted by molar-refractivity contribution is 0.0943. The maximum atomic E-state index is 12.5. The zero-order valence-corrected chi connectivity index (χ0v) is 16.7. The number of rotatable bonds is 8. The molecule has 7 nitrogen and oxygen atoms in total. The van der Waals surface area contributed by atoms with E-state index in [9.17, 15) is 15.0 Å². The SMILES string of the molecule is CC(C)=CCC/C(C)=C/Cc1c(O)cc(C)c(C(=O)NCc2nnco2)c1O. The minimum atomic E-state index is -0.473. The quantitative estimate of drug-likeness (QED) is 0.594. The van der Waals surface area contributed by atoms with Gasteiger partial charge in [0.05, 0.1) is 12.1 Å². The lowest BCUT2D eigenvalue weighted by Gasteiger charge is -2.14. The highest BCUT2D eigenvalue weighted by Crippen LogP contribution is 2.34. The lowest BCUT2D eigenvalue weighted by atomic mass is 9.98. The highest BCUT2D eigenvalue weighted by molar-refractivity contribution is 5.99. The molecule has 2 aromatic rings. The number of nitrogens with zero attached hydrogens (tertiary/aromatic N) is 2. The van der Waals surface area contributed by atoms with E-state index in [0.29, 0.717) is 17.5 Å². The molecule has 0 atom stereocenters. The zero-order chi connectivity index (χ0) is 20.7. The summed E-state index contributed by atoms with van der Waals surface area (Å²) < 4.78 is 4.98. The van der Waals surface area contributed by atoms with Crippen molar-refractivity contribution in [2.24, 2.45) is 0 Å². The Bertz CT molecular complexity index is 880. The molecule has 0 fully saturated rings. The van der Waals surface area contributed by atoms with Crippen LogP contribution in [0.2, 0.25) is 0 Å². The first-order valence-corrected chi connectivity index (χ1v) is 9.16. The summed E-state index contributed by atoms with van der Waals surface area (Å²) in [5.41, 5.74) is 3.36. The fourth-order valence-electron chi connectivity index (χ4n) is 2.80. The number of carbonyl (C=O) groups is 1. The van der Waals surface area contributed by atoms with Crippen LogP contribution in [-0.4, -0.2) is 26.3 Å². The molecule has 0 spiro atoms. The second kappa shape index (κ2) is 9.73. The van der Waals surface area contributed by atoms with Gasteiger partial charge in [-0.15, -0.1) is 10.2 Å².